The number of aliphatic hydroxyl groups is 1. The Morgan fingerprint density at radius 2 is 2.22 bits per heavy atom. The molecule has 0 aromatic heterocycles. The van der Waals surface area contributed by atoms with Gasteiger partial charge in [0, 0.05) is 24.9 Å². The highest BCUT2D eigenvalue weighted by Crippen LogP contribution is 2.17. The van der Waals surface area contributed by atoms with Crippen molar-refractivity contribution in [3.63, 3.8) is 0 Å². The molecular weight excluding hydrogens is 229 g/mol. The number of carbonyl (C=O) groups is 1. The first kappa shape index (κ1) is 14.8. The lowest BCUT2D eigenvalue weighted by Gasteiger charge is -2.28. The number of amides is 1. The Bertz CT molecular complexity index is 322. The molecule has 4 nitrogen and oxygen atoms in total. The molecule has 1 aliphatic heterocycles. The Labute approximate surface area is 109 Å². The van der Waals surface area contributed by atoms with E-state index in [-0.39, 0.29) is 23.7 Å². The van der Waals surface area contributed by atoms with E-state index in [4.69, 9.17) is 9.76 Å². The molecule has 1 amide bonds. The van der Waals surface area contributed by atoms with Gasteiger partial charge in [-0.25, -0.2) is 0 Å². The first-order chi connectivity index (χ1) is 8.51. The third-order valence-electron chi connectivity index (χ3n) is 2.96. The van der Waals surface area contributed by atoms with Crippen LogP contribution in [0.1, 0.15) is 39.0 Å². The van der Waals surface area contributed by atoms with Crippen molar-refractivity contribution in [2.24, 2.45) is 0 Å². The number of rotatable bonds is 6. The Morgan fingerprint density at radius 1 is 1.50 bits per heavy atom. The summed E-state index contributed by atoms with van der Waals surface area (Å²) in [4.78, 5) is 11.6. The molecule has 5 heteroatoms. The van der Waals surface area contributed by atoms with E-state index < -0.39 is 0 Å². The maximum Gasteiger partial charge on any atom is 0.317 e. The predicted molar refractivity (Wildman–Crippen MR) is 72.2 cm³/mol. The van der Waals surface area contributed by atoms with Gasteiger partial charge in [-0.3, -0.25) is 4.79 Å². The van der Waals surface area contributed by atoms with Crippen LogP contribution in [-0.4, -0.2) is 30.5 Å². The van der Waals surface area contributed by atoms with E-state index in [0.717, 1.165) is 24.8 Å². The zero-order valence-electron chi connectivity index (χ0n) is 10.9. The van der Waals surface area contributed by atoms with Crippen molar-refractivity contribution in [1.29, 1.82) is 0 Å². The molecule has 1 radical (unpaired) electrons. The molecule has 0 aromatic rings. The lowest BCUT2D eigenvalue weighted by molar-refractivity contribution is -0.120. The smallest absolute Gasteiger partial charge is 0.317 e. The molecule has 0 spiro atoms. The molecule has 0 saturated carbocycles. The van der Waals surface area contributed by atoms with Gasteiger partial charge in [-0.15, -0.1) is 0 Å². The molecule has 1 heterocycles. The van der Waals surface area contributed by atoms with Crippen LogP contribution in [0.5, 0.6) is 0 Å². The van der Waals surface area contributed by atoms with Crippen LogP contribution in [0.25, 0.3) is 0 Å². The van der Waals surface area contributed by atoms with Gasteiger partial charge in [-0.05, 0) is 19.3 Å². The minimum Gasteiger partial charge on any atom is -0.513 e. The van der Waals surface area contributed by atoms with Crippen LogP contribution in [-0.2, 0) is 9.45 Å². The highest BCUT2D eigenvalue weighted by Gasteiger charge is 2.25. The summed E-state index contributed by atoms with van der Waals surface area (Å²) in [5.41, 5.74) is 0.929. The number of hydrogen-bond donors (Lipinski definition) is 2. The Morgan fingerprint density at radius 3 is 2.72 bits per heavy atom. The van der Waals surface area contributed by atoms with E-state index in [2.05, 4.69) is 18.5 Å². The molecule has 2 N–H and O–H groups in total. The van der Waals surface area contributed by atoms with Gasteiger partial charge >= 0.3 is 7.48 Å². The fourth-order valence-corrected chi connectivity index (χ4v) is 1.84. The van der Waals surface area contributed by atoms with Crippen LogP contribution < -0.4 is 5.32 Å². The topological polar surface area (TPSA) is 58.6 Å². The van der Waals surface area contributed by atoms with Crippen LogP contribution in [0.4, 0.5) is 0 Å². The molecule has 99 valence electrons. The molecule has 2 atom stereocenters. The van der Waals surface area contributed by atoms with Crippen molar-refractivity contribution in [2.45, 2.75) is 51.1 Å². The number of nitrogens with one attached hydrogen (secondary N) is 1. The van der Waals surface area contributed by atoms with E-state index in [9.17, 15) is 4.79 Å². The molecular formula is C13H21BNO3. The fraction of sp³-hybridized carbons (Fsp3) is 0.615. The van der Waals surface area contributed by atoms with Crippen LogP contribution in [0.3, 0.4) is 0 Å². The van der Waals surface area contributed by atoms with Crippen molar-refractivity contribution < 1.29 is 14.6 Å². The quantitative estimate of drug-likeness (QED) is 0.431. The highest BCUT2D eigenvalue weighted by atomic mass is 16.4. The molecule has 1 fully saturated rings. The first-order valence-corrected chi connectivity index (χ1v) is 6.32. The monoisotopic (exact) mass is 250 g/mol. The summed E-state index contributed by atoms with van der Waals surface area (Å²) in [7, 11) is 1.64. The summed E-state index contributed by atoms with van der Waals surface area (Å²) in [6.07, 6.45) is 3.24. The Kier molecular flexibility index (Phi) is 5.99. The normalized spacial score (nSPS) is 22.9. The van der Waals surface area contributed by atoms with Crippen molar-refractivity contribution >= 4 is 13.4 Å². The third-order valence-corrected chi connectivity index (χ3v) is 2.96. The second-order valence-electron chi connectivity index (χ2n) is 4.70. The molecule has 0 aliphatic carbocycles. The van der Waals surface area contributed by atoms with Gasteiger partial charge in [0.1, 0.15) is 0 Å². The molecule has 1 saturated heterocycles. The van der Waals surface area contributed by atoms with Crippen molar-refractivity contribution in [2.75, 3.05) is 0 Å². The Balaban J connectivity index is 2.24. The van der Waals surface area contributed by atoms with Gasteiger partial charge in [0.2, 0.25) is 5.91 Å². The van der Waals surface area contributed by atoms with Crippen LogP contribution in [0, 0.1) is 0 Å². The SMILES string of the molecule is C=C(O)CC1CCC(NC(=O)CC(=C)CC)[B]O1. The zero-order valence-corrected chi connectivity index (χ0v) is 10.9. The van der Waals surface area contributed by atoms with Gasteiger partial charge in [-0.1, -0.05) is 25.7 Å². The van der Waals surface area contributed by atoms with Gasteiger partial charge in [0.25, 0.3) is 0 Å². The lowest BCUT2D eigenvalue weighted by Crippen LogP contribution is -2.45. The van der Waals surface area contributed by atoms with Crippen LogP contribution in [0.15, 0.2) is 24.5 Å². The van der Waals surface area contributed by atoms with Crippen molar-refractivity contribution in [1.82, 2.24) is 5.32 Å². The van der Waals surface area contributed by atoms with Gasteiger partial charge in [0.05, 0.1) is 5.76 Å². The average molecular weight is 250 g/mol. The third kappa shape index (κ3) is 5.40. The van der Waals surface area contributed by atoms with Crippen LogP contribution in [0.2, 0.25) is 0 Å². The molecule has 1 rings (SSSR count). The summed E-state index contributed by atoms with van der Waals surface area (Å²) in [6.45, 7) is 9.24. The van der Waals surface area contributed by atoms with Gasteiger partial charge in [-0.2, -0.15) is 0 Å². The maximum atomic E-state index is 11.6. The highest BCUT2D eigenvalue weighted by molar-refractivity contribution is 6.30. The average Bonchev–Trinajstić information content (AvgIpc) is 2.30. The molecule has 18 heavy (non-hydrogen) atoms. The second-order valence-corrected chi connectivity index (χ2v) is 4.70. The number of hydrogen-bond acceptors (Lipinski definition) is 3. The summed E-state index contributed by atoms with van der Waals surface area (Å²) in [5.74, 6) is 0.0669. The summed E-state index contributed by atoms with van der Waals surface area (Å²) in [5, 5.41) is 12.0. The van der Waals surface area contributed by atoms with E-state index in [1.165, 1.54) is 0 Å². The van der Waals surface area contributed by atoms with Gasteiger partial charge in [0.15, 0.2) is 0 Å². The minimum absolute atomic E-state index is 0.0169. The zero-order chi connectivity index (χ0) is 13.5. The number of aliphatic hydroxyl groups excluding tert-OH is 1. The van der Waals surface area contributed by atoms with E-state index in [0.29, 0.717) is 12.8 Å². The second kappa shape index (κ2) is 7.26. The Hall–Kier alpha value is -1.23. The van der Waals surface area contributed by atoms with Crippen molar-refractivity contribution in [3.8, 4) is 0 Å². The summed E-state index contributed by atoms with van der Waals surface area (Å²) >= 11 is 0. The van der Waals surface area contributed by atoms with E-state index in [1.807, 2.05) is 6.92 Å². The van der Waals surface area contributed by atoms with Crippen molar-refractivity contribution in [3.05, 3.63) is 24.5 Å². The summed E-state index contributed by atoms with van der Waals surface area (Å²) < 4.78 is 5.45. The molecule has 0 aromatic carbocycles. The largest absolute Gasteiger partial charge is 0.513 e. The van der Waals surface area contributed by atoms with E-state index in [1.54, 1.807) is 7.48 Å². The first-order valence-electron chi connectivity index (χ1n) is 6.32. The fourth-order valence-electron chi connectivity index (χ4n) is 1.84. The summed E-state index contributed by atoms with van der Waals surface area (Å²) in [6, 6.07) is 0. The lowest BCUT2D eigenvalue weighted by atomic mass is 9.79. The minimum atomic E-state index is -0.0506. The number of carbonyl (C=O) groups excluding carboxylic acids is 1. The molecule has 0 bridgehead atoms. The standard InChI is InChI=1S/C13H21BNO3/c1-4-9(2)7-13(17)15-12-6-5-11(18-14-12)8-10(3)16/h11-12,16H,2-8H2,1H3,(H,15,17). The maximum absolute atomic E-state index is 11.6. The molecule has 1 aliphatic rings. The van der Waals surface area contributed by atoms with Crippen LogP contribution >= 0.6 is 0 Å². The predicted octanol–water partition coefficient (Wildman–Crippen LogP) is 2.04. The van der Waals surface area contributed by atoms with E-state index >= 15 is 0 Å². The molecule has 2 unspecified atom stereocenters. The van der Waals surface area contributed by atoms with Gasteiger partial charge < -0.3 is 15.1 Å².